The smallest absolute Gasteiger partial charge is 0.260 e. The molecular formula is C45H58N10O4. The number of amides is 2. The van der Waals surface area contributed by atoms with Gasteiger partial charge in [0.15, 0.2) is 0 Å². The molecule has 0 saturated carbocycles. The second kappa shape index (κ2) is 19.0. The molecule has 0 saturated heterocycles. The number of carbonyl (C=O) groups excluding carboxylic acids is 2. The number of rotatable bonds is 18. The molecule has 0 spiro atoms. The summed E-state index contributed by atoms with van der Waals surface area (Å²) in [6, 6.07) is 15.4. The van der Waals surface area contributed by atoms with Crippen molar-refractivity contribution in [2.24, 2.45) is 0 Å². The van der Waals surface area contributed by atoms with Crippen LogP contribution >= 0.6 is 0 Å². The monoisotopic (exact) mass is 802 g/mol. The minimum Gasteiger partial charge on any atom is -0.351 e. The molecule has 6 aromatic rings. The summed E-state index contributed by atoms with van der Waals surface area (Å²) in [5.74, 6) is -0.513. The van der Waals surface area contributed by atoms with Gasteiger partial charge in [0.05, 0.1) is 44.0 Å². The van der Waals surface area contributed by atoms with Gasteiger partial charge in [-0.25, -0.2) is 9.97 Å². The molecule has 0 aliphatic carbocycles. The molecule has 14 nitrogen and oxygen atoms in total. The Morgan fingerprint density at radius 2 is 0.983 bits per heavy atom. The highest BCUT2D eigenvalue weighted by Gasteiger charge is 2.20. The van der Waals surface area contributed by atoms with Gasteiger partial charge in [0.2, 0.25) is 0 Å². The van der Waals surface area contributed by atoms with Crippen molar-refractivity contribution in [3.63, 3.8) is 0 Å². The third-order valence-corrected chi connectivity index (χ3v) is 10.9. The van der Waals surface area contributed by atoms with E-state index >= 15 is 0 Å². The van der Waals surface area contributed by atoms with E-state index in [1.54, 1.807) is 21.5 Å². The third kappa shape index (κ3) is 10.2. The van der Waals surface area contributed by atoms with E-state index in [-0.39, 0.29) is 22.9 Å². The number of pyridine rings is 4. The van der Waals surface area contributed by atoms with E-state index in [1.165, 1.54) is 0 Å². The van der Waals surface area contributed by atoms with Crippen molar-refractivity contribution in [2.75, 3.05) is 94.6 Å². The molecule has 312 valence electrons. The number of fused-ring (bicyclic) bond motifs is 4. The summed E-state index contributed by atoms with van der Waals surface area (Å²) in [5.41, 5.74) is 4.76. The van der Waals surface area contributed by atoms with E-state index in [0.717, 1.165) is 52.4 Å². The van der Waals surface area contributed by atoms with Crippen LogP contribution in [-0.4, -0.2) is 145 Å². The van der Waals surface area contributed by atoms with Gasteiger partial charge in [-0.15, -0.1) is 0 Å². The zero-order valence-electron chi connectivity index (χ0n) is 35.8. The second-order valence-electron chi connectivity index (χ2n) is 16.2. The Bertz CT molecular complexity index is 2440. The SMILES string of the molecule is Cc1cccc2cc3c(=O)n(CCN(C)CCCN(C)CCn4cc(C(=O)NCCN(C)C)c5nc6c(C)cccc6cc5c4=O)cc(C(=O)NCCN(C)C)c3nc12. The van der Waals surface area contributed by atoms with Crippen LogP contribution in [0.25, 0.3) is 43.6 Å². The minimum absolute atomic E-state index is 0.175. The molecule has 59 heavy (non-hydrogen) atoms. The number of carbonyl (C=O) groups is 2. The van der Waals surface area contributed by atoms with Gasteiger partial charge in [-0.05, 0) is 98.9 Å². The maximum absolute atomic E-state index is 13.8. The Kier molecular flexibility index (Phi) is 13.9. The molecule has 2 aromatic carbocycles. The highest BCUT2D eigenvalue weighted by Crippen LogP contribution is 2.24. The molecule has 2 amide bonds. The van der Waals surface area contributed by atoms with Crippen molar-refractivity contribution in [3.8, 4) is 0 Å². The van der Waals surface area contributed by atoms with Crippen molar-refractivity contribution in [3.05, 3.63) is 104 Å². The molecule has 4 aromatic heterocycles. The molecule has 0 unspecified atom stereocenters. The van der Waals surface area contributed by atoms with Gasteiger partial charge < -0.3 is 39.4 Å². The number of aromatic nitrogens is 4. The lowest BCUT2D eigenvalue weighted by Gasteiger charge is -2.21. The first kappa shape index (κ1) is 43.0. The van der Waals surface area contributed by atoms with Crippen LogP contribution in [0.2, 0.25) is 0 Å². The zero-order valence-corrected chi connectivity index (χ0v) is 35.8. The van der Waals surface area contributed by atoms with E-state index in [0.29, 0.717) is 85.3 Å². The van der Waals surface area contributed by atoms with Gasteiger partial charge in [0.25, 0.3) is 22.9 Å². The average molecular weight is 803 g/mol. The van der Waals surface area contributed by atoms with Crippen LogP contribution in [0, 0.1) is 13.8 Å². The van der Waals surface area contributed by atoms with E-state index in [1.807, 2.05) is 114 Å². The number of nitrogens with one attached hydrogen (secondary N) is 2. The Balaban J connectivity index is 1.11. The van der Waals surface area contributed by atoms with Gasteiger partial charge in [-0.1, -0.05) is 36.4 Å². The van der Waals surface area contributed by atoms with Crippen LogP contribution in [0.5, 0.6) is 0 Å². The third-order valence-electron chi connectivity index (χ3n) is 10.9. The lowest BCUT2D eigenvalue weighted by Crippen LogP contribution is -2.35. The molecular weight excluding hydrogens is 745 g/mol. The lowest BCUT2D eigenvalue weighted by molar-refractivity contribution is 0.0943. The highest BCUT2D eigenvalue weighted by molar-refractivity contribution is 6.08. The number of likely N-dealkylation sites (N-methyl/N-ethyl adjacent to an activating group) is 4. The van der Waals surface area contributed by atoms with Crippen LogP contribution in [0.4, 0.5) is 0 Å². The van der Waals surface area contributed by atoms with Crippen LogP contribution in [0.3, 0.4) is 0 Å². The first-order chi connectivity index (χ1) is 28.2. The molecule has 0 fully saturated rings. The predicted octanol–water partition coefficient (Wildman–Crippen LogP) is 3.57. The molecule has 4 heterocycles. The maximum atomic E-state index is 13.8. The standard InChI is InChI=1S/C45H58N10O4/c1-30-12-9-14-32-26-34-40(48-38(30)32)36(42(56)46-16-20-50(3)4)28-54(44(34)58)24-22-52(7)18-11-19-53(8)23-25-55-29-37(43(57)47-17-21-51(5)6)41-35(45(55)59)27-33-15-10-13-31(2)39(33)49-41/h9-10,12-15,26-29H,11,16-25H2,1-8H3,(H,46,56)(H,47,57). The van der Waals surface area contributed by atoms with Crippen molar-refractivity contribution in [1.82, 2.24) is 49.3 Å². The Hall–Kier alpha value is -5.54. The van der Waals surface area contributed by atoms with Crippen LogP contribution in [0.15, 0.2) is 70.5 Å². The van der Waals surface area contributed by atoms with Gasteiger partial charge in [-0.3, -0.25) is 19.2 Å². The summed E-state index contributed by atoms with van der Waals surface area (Å²) in [7, 11) is 11.9. The van der Waals surface area contributed by atoms with Crippen LogP contribution < -0.4 is 21.8 Å². The van der Waals surface area contributed by atoms with E-state index in [2.05, 4.69) is 20.4 Å². The molecule has 14 heteroatoms. The molecule has 0 atom stereocenters. The number of para-hydroxylation sites is 2. The lowest BCUT2D eigenvalue weighted by atomic mass is 10.1. The molecule has 0 aliphatic heterocycles. The molecule has 0 bridgehead atoms. The highest BCUT2D eigenvalue weighted by atomic mass is 16.2. The Morgan fingerprint density at radius 3 is 1.37 bits per heavy atom. The quantitative estimate of drug-likeness (QED) is 0.124. The van der Waals surface area contributed by atoms with Crippen LogP contribution in [-0.2, 0) is 13.1 Å². The summed E-state index contributed by atoms with van der Waals surface area (Å²) in [5, 5.41) is 8.58. The minimum atomic E-state index is -0.256. The number of hydrogen-bond acceptors (Lipinski definition) is 10. The van der Waals surface area contributed by atoms with Gasteiger partial charge in [0, 0.05) is 75.5 Å². The average Bonchev–Trinajstić information content (AvgIpc) is 3.19. The zero-order chi connectivity index (χ0) is 42.4. The fourth-order valence-electron chi connectivity index (χ4n) is 7.32. The summed E-state index contributed by atoms with van der Waals surface area (Å²) < 4.78 is 3.26. The van der Waals surface area contributed by atoms with Crippen LogP contribution in [0.1, 0.15) is 38.3 Å². The maximum Gasteiger partial charge on any atom is 0.260 e. The van der Waals surface area contributed by atoms with Crippen molar-refractivity contribution < 1.29 is 9.59 Å². The van der Waals surface area contributed by atoms with E-state index < -0.39 is 0 Å². The largest absolute Gasteiger partial charge is 0.351 e. The number of benzene rings is 2. The Morgan fingerprint density at radius 1 is 0.576 bits per heavy atom. The van der Waals surface area contributed by atoms with Crippen molar-refractivity contribution in [2.45, 2.75) is 33.4 Å². The fourth-order valence-corrected chi connectivity index (χ4v) is 7.32. The van der Waals surface area contributed by atoms with Gasteiger partial charge >= 0.3 is 0 Å². The van der Waals surface area contributed by atoms with Crippen molar-refractivity contribution >= 4 is 55.4 Å². The van der Waals surface area contributed by atoms with Crippen molar-refractivity contribution in [1.29, 1.82) is 0 Å². The topological polar surface area (TPSA) is 141 Å². The summed E-state index contributed by atoms with van der Waals surface area (Å²) in [4.78, 5) is 72.8. The summed E-state index contributed by atoms with van der Waals surface area (Å²) in [6.45, 7) is 9.85. The first-order valence-corrected chi connectivity index (χ1v) is 20.3. The van der Waals surface area contributed by atoms with E-state index in [4.69, 9.17) is 9.97 Å². The summed E-state index contributed by atoms with van der Waals surface area (Å²) >= 11 is 0. The molecule has 0 aliphatic rings. The van der Waals surface area contributed by atoms with E-state index in [9.17, 15) is 19.2 Å². The second-order valence-corrected chi connectivity index (χ2v) is 16.2. The Labute approximate surface area is 345 Å². The molecule has 0 radical (unpaired) electrons. The fraction of sp³-hybridized carbons (Fsp3) is 0.422. The van der Waals surface area contributed by atoms with Gasteiger partial charge in [0.1, 0.15) is 0 Å². The first-order valence-electron chi connectivity index (χ1n) is 20.3. The summed E-state index contributed by atoms with van der Waals surface area (Å²) in [6.07, 6.45) is 4.17. The predicted molar refractivity (Wildman–Crippen MR) is 238 cm³/mol. The number of aryl methyl sites for hydroxylation is 2. The molecule has 6 rings (SSSR count). The number of hydrogen-bond donors (Lipinski definition) is 2. The number of nitrogens with zero attached hydrogens (tertiary/aromatic N) is 8. The normalized spacial score (nSPS) is 12.0. The van der Waals surface area contributed by atoms with Gasteiger partial charge in [-0.2, -0.15) is 0 Å². The molecule has 2 N–H and O–H groups in total.